The Hall–Kier alpha value is -2.57. The summed E-state index contributed by atoms with van der Waals surface area (Å²) in [5.41, 5.74) is 0.767. The van der Waals surface area contributed by atoms with Crippen molar-refractivity contribution in [2.75, 3.05) is 23.3 Å². The number of halogens is 1. The number of aliphatic hydroxyl groups is 1. The predicted octanol–water partition coefficient (Wildman–Crippen LogP) is 2.13. The smallest absolute Gasteiger partial charge is 0.148 e. The number of anilines is 2. The first-order chi connectivity index (χ1) is 10.2. The van der Waals surface area contributed by atoms with Crippen LogP contribution in [-0.4, -0.2) is 24.3 Å². The molecule has 1 aromatic carbocycles. The van der Waals surface area contributed by atoms with Crippen LogP contribution in [0.25, 0.3) is 0 Å². The molecule has 21 heavy (non-hydrogen) atoms. The summed E-state index contributed by atoms with van der Waals surface area (Å²) >= 11 is 0. The van der Waals surface area contributed by atoms with Crippen molar-refractivity contribution < 1.29 is 9.50 Å². The Morgan fingerprint density at radius 2 is 2.00 bits per heavy atom. The molecular formula is C15H15FN4O. The van der Waals surface area contributed by atoms with E-state index >= 15 is 0 Å². The molecule has 1 heterocycles. The van der Waals surface area contributed by atoms with Crippen molar-refractivity contribution in [1.82, 2.24) is 0 Å². The Bertz CT molecular complexity index is 606. The predicted molar refractivity (Wildman–Crippen MR) is 76.8 cm³/mol. The van der Waals surface area contributed by atoms with Crippen molar-refractivity contribution >= 4 is 11.4 Å². The Kier molecular flexibility index (Phi) is 4.76. The number of hydrogen-bond donors (Lipinski definition) is 2. The molecule has 1 fully saturated rings. The molecule has 0 aromatic heterocycles. The summed E-state index contributed by atoms with van der Waals surface area (Å²) in [5.74, 6) is -0.454. The highest BCUT2D eigenvalue weighted by atomic mass is 19.1. The number of para-hydroxylation sites is 1. The highest BCUT2D eigenvalue weighted by Crippen LogP contribution is 2.31. The highest BCUT2D eigenvalue weighted by molar-refractivity contribution is 5.72. The first-order valence-corrected chi connectivity index (χ1v) is 6.64. The number of piperidine rings is 1. The van der Waals surface area contributed by atoms with E-state index in [1.165, 1.54) is 12.3 Å². The molecule has 5 nitrogen and oxygen atoms in total. The van der Waals surface area contributed by atoms with E-state index in [4.69, 9.17) is 10.5 Å². The van der Waals surface area contributed by atoms with Crippen molar-refractivity contribution in [2.45, 2.75) is 18.9 Å². The van der Waals surface area contributed by atoms with Gasteiger partial charge in [-0.15, -0.1) is 0 Å². The van der Waals surface area contributed by atoms with Gasteiger partial charge >= 0.3 is 0 Å². The van der Waals surface area contributed by atoms with Crippen molar-refractivity contribution in [3.05, 3.63) is 35.8 Å². The summed E-state index contributed by atoms with van der Waals surface area (Å²) in [6, 6.07) is 8.13. The van der Waals surface area contributed by atoms with Gasteiger partial charge in [0.25, 0.3) is 0 Å². The number of nitrogens with one attached hydrogen (secondary N) is 1. The summed E-state index contributed by atoms with van der Waals surface area (Å²) in [6.45, 7) is 1.26. The lowest BCUT2D eigenvalue weighted by atomic mass is 10.1. The van der Waals surface area contributed by atoms with Gasteiger partial charge in [0.15, 0.2) is 0 Å². The van der Waals surface area contributed by atoms with Gasteiger partial charge in [-0.2, -0.15) is 10.5 Å². The molecule has 1 aromatic rings. The third kappa shape index (κ3) is 3.50. The molecule has 0 spiro atoms. The highest BCUT2D eigenvalue weighted by Gasteiger charge is 2.20. The van der Waals surface area contributed by atoms with Gasteiger partial charge in [0.1, 0.15) is 23.5 Å². The van der Waals surface area contributed by atoms with E-state index in [9.17, 15) is 9.50 Å². The van der Waals surface area contributed by atoms with Crippen LogP contribution < -0.4 is 10.2 Å². The van der Waals surface area contributed by atoms with Crippen molar-refractivity contribution in [1.29, 1.82) is 10.5 Å². The maximum atomic E-state index is 14.0. The van der Waals surface area contributed by atoms with E-state index in [0.717, 1.165) is 0 Å². The maximum absolute atomic E-state index is 14.0. The van der Waals surface area contributed by atoms with E-state index in [0.29, 0.717) is 31.6 Å². The Labute approximate surface area is 122 Å². The summed E-state index contributed by atoms with van der Waals surface area (Å²) < 4.78 is 14.0. The van der Waals surface area contributed by atoms with Gasteiger partial charge in [-0.25, -0.2) is 4.39 Å². The second kappa shape index (κ2) is 6.74. The van der Waals surface area contributed by atoms with Gasteiger partial charge in [0.2, 0.25) is 0 Å². The van der Waals surface area contributed by atoms with Gasteiger partial charge in [0, 0.05) is 19.3 Å². The summed E-state index contributed by atoms with van der Waals surface area (Å²) in [4.78, 5) is 1.98. The maximum Gasteiger partial charge on any atom is 0.148 e. The molecule has 1 aliphatic rings. The van der Waals surface area contributed by atoms with Crippen LogP contribution in [0.2, 0.25) is 0 Å². The fourth-order valence-corrected chi connectivity index (χ4v) is 2.26. The van der Waals surface area contributed by atoms with Crippen LogP contribution in [0.1, 0.15) is 12.8 Å². The summed E-state index contributed by atoms with van der Waals surface area (Å²) in [5, 5.41) is 29.7. The number of benzene rings is 1. The lowest BCUT2D eigenvalue weighted by Gasteiger charge is -2.32. The summed E-state index contributed by atoms with van der Waals surface area (Å²) in [6.07, 6.45) is 2.15. The van der Waals surface area contributed by atoms with Crippen molar-refractivity contribution in [3.8, 4) is 12.1 Å². The number of hydrogen-bond acceptors (Lipinski definition) is 5. The lowest BCUT2D eigenvalue weighted by molar-refractivity contribution is 0.145. The molecule has 2 rings (SSSR count). The molecule has 0 radical (unpaired) electrons. The third-order valence-electron chi connectivity index (χ3n) is 3.40. The largest absolute Gasteiger partial charge is 0.393 e. The van der Waals surface area contributed by atoms with Crippen LogP contribution in [-0.2, 0) is 0 Å². The quantitative estimate of drug-likeness (QED) is 0.832. The minimum atomic E-state index is -0.454. The van der Waals surface area contributed by atoms with E-state index < -0.39 is 5.82 Å². The van der Waals surface area contributed by atoms with Gasteiger partial charge < -0.3 is 15.3 Å². The monoisotopic (exact) mass is 286 g/mol. The Morgan fingerprint density at radius 1 is 1.33 bits per heavy atom. The van der Waals surface area contributed by atoms with Crippen LogP contribution >= 0.6 is 0 Å². The Morgan fingerprint density at radius 3 is 2.62 bits per heavy atom. The fourth-order valence-electron chi connectivity index (χ4n) is 2.26. The number of nitrogens with zero attached hydrogens (tertiary/aromatic N) is 3. The third-order valence-corrected chi connectivity index (χ3v) is 3.40. The molecule has 1 saturated heterocycles. The molecule has 0 bridgehead atoms. The molecule has 0 saturated carbocycles. The fraction of sp³-hybridized carbons (Fsp3) is 0.333. The zero-order valence-electron chi connectivity index (χ0n) is 11.4. The van der Waals surface area contributed by atoms with Crippen LogP contribution in [0.15, 0.2) is 30.0 Å². The molecule has 1 aliphatic heterocycles. The molecule has 2 N–H and O–H groups in total. The van der Waals surface area contributed by atoms with Crippen LogP contribution in [0.5, 0.6) is 0 Å². The SMILES string of the molecule is N#CC(C#N)=CNc1c(F)cccc1N1CCC(O)CC1. The van der Waals surface area contributed by atoms with Crippen LogP contribution in [0.4, 0.5) is 15.8 Å². The van der Waals surface area contributed by atoms with Crippen LogP contribution in [0.3, 0.4) is 0 Å². The minimum absolute atomic E-state index is 0.127. The number of allylic oxidation sites excluding steroid dienone is 1. The standard InChI is InChI=1S/C15H15FN4O/c16-13-2-1-3-14(20-6-4-12(21)5-7-20)15(13)19-10-11(8-17)9-18/h1-3,10,12,19,21H,4-7H2. The van der Waals surface area contributed by atoms with Crippen molar-refractivity contribution in [2.24, 2.45) is 0 Å². The minimum Gasteiger partial charge on any atom is -0.393 e. The molecule has 6 heteroatoms. The first kappa shape index (κ1) is 14.8. The van der Waals surface area contributed by atoms with E-state index in [1.54, 1.807) is 24.3 Å². The Balaban J connectivity index is 2.27. The van der Waals surface area contributed by atoms with E-state index in [2.05, 4.69) is 5.32 Å². The number of rotatable bonds is 3. The van der Waals surface area contributed by atoms with E-state index in [1.807, 2.05) is 4.90 Å². The first-order valence-electron chi connectivity index (χ1n) is 6.64. The second-order valence-electron chi connectivity index (χ2n) is 4.78. The number of nitriles is 2. The molecule has 0 atom stereocenters. The van der Waals surface area contributed by atoms with Gasteiger partial charge in [-0.3, -0.25) is 0 Å². The molecule has 0 aliphatic carbocycles. The molecular weight excluding hydrogens is 271 g/mol. The number of aliphatic hydroxyl groups excluding tert-OH is 1. The van der Waals surface area contributed by atoms with Crippen molar-refractivity contribution in [3.63, 3.8) is 0 Å². The average molecular weight is 286 g/mol. The van der Waals surface area contributed by atoms with Gasteiger partial charge in [-0.1, -0.05) is 6.07 Å². The van der Waals surface area contributed by atoms with Crippen LogP contribution in [0, 0.1) is 28.5 Å². The zero-order valence-corrected chi connectivity index (χ0v) is 11.4. The summed E-state index contributed by atoms with van der Waals surface area (Å²) in [7, 11) is 0. The normalized spacial score (nSPS) is 15.0. The second-order valence-corrected chi connectivity index (χ2v) is 4.78. The topological polar surface area (TPSA) is 83.1 Å². The lowest BCUT2D eigenvalue weighted by Crippen LogP contribution is -2.36. The van der Waals surface area contributed by atoms with Gasteiger partial charge in [0.05, 0.1) is 17.5 Å². The zero-order chi connectivity index (χ0) is 15.2. The molecule has 0 unspecified atom stereocenters. The van der Waals surface area contributed by atoms with E-state index in [-0.39, 0.29) is 17.4 Å². The van der Waals surface area contributed by atoms with Gasteiger partial charge in [-0.05, 0) is 25.0 Å². The average Bonchev–Trinajstić information content (AvgIpc) is 2.50. The molecule has 0 amide bonds. The molecule has 108 valence electrons.